The van der Waals surface area contributed by atoms with Crippen LogP contribution in [0.3, 0.4) is 0 Å². The van der Waals surface area contributed by atoms with Crippen molar-refractivity contribution in [3.63, 3.8) is 0 Å². The van der Waals surface area contributed by atoms with Crippen LogP contribution in [-0.2, 0) is 4.79 Å². The Morgan fingerprint density at radius 1 is 1.00 bits per heavy atom. The molecule has 3 aromatic rings. The number of methoxy groups -OCH3 is 2. The van der Waals surface area contributed by atoms with Crippen LogP contribution in [0.25, 0.3) is 6.08 Å². The largest absolute Gasteiger partial charge is 0.493 e. The van der Waals surface area contributed by atoms with E-state index < -0.39 is 0 Å². The normalized spacial score (nSPS) is 14.3. The first-order valence-corrected chi connectivity index (χ1v) is 10.7. The van der Waals surface area contributed by atoms with Crippen LogP contribution in [0, 0.1) is 0 Å². The molecule has 5 rings (SSSR count). The molecule has 0 radical (unpaired) electrons. The molecule has 0 saturated carbocycles. The summed E-state index contributed by atoms with van der Waals surface area (Å²) in [6, 6.07) is 15.3. The van der Waals surface area contributed by atoms with Crippen LogP contribution in [0.5, 0.6) is 34.5 Å². The molecule has 178 valence electrons. The molecule has 0 unspecified atom stereocenters. The van der Waals surface area contributed by atoms with E-state index in [4.69, 9.17) is 28.4 Å². The molecular weight excluding hydrogens is 454 g/mol. The van der Waals surface area contributed by atoms with Gasteiger partial charge in [-0.25, -0.2) is 0 Å². The zero-order chi connectivity index (χ0) is 24.4. The van der Waals surface area contributed by atoms with Gasteiger partial charge in [-0.3, -0.25) is 9.59 Å². The lowest BCUT2D eigenvalue weighted by Gasteiger charge is -2.10. The number of Topliss-reactive ketones (excluding diaryl/α,β-unsaturated/α-hetero) is 1. The highest BCUT2D eigenvalue weighted by molar-refractivity contribution is 6.14. The fourth-order valence-electron chi connectivity index (χ4n) is 3.74. The van der Waals surface area contributed by atoms with Crippen LogP contribution >= 0.6 is 0 Å². The van der Waals surface area contributed by atoms with Gasteiger partial charge >= 0.3 is 0 Å². The molecule has 0 aliphatic carbocycles. The number of para-hydroxylation sites is 1. The van der Waals surface area contributed by atoms with Crippen LogP contribution in [-0.4, -0.2) is 39.3 Å². The summed E-state index contributed by atoms with van der Waals surface area (Å²) in [4.78, 5) is 25.1. The van der Waals surface area contributed by atoms with Gasteiger partial charge in [-0.15, -0.1) is 0 Å². The van der Waals surface area contributed by atoms with Gasteiger partial charge in [0.25, 0.3) is 5.91 Å². The van der Waals surface area contributed by atoms with E-state index in [9.17, 15) is 9.59 Å². The molecule has 0 aromatic heterocycles. The second kappa shape index (κ2) is 9.30. The van der Waals surface area contributed by atoms with Crippen LogP contribution in [0.2, 0.25) is 0 Å². The molecular formula is C26H21NO8. The summed E-state index contributed by atoms with van der Waals surface area (Å²) in [6.07, 6.45) is 1.60. The number of ether oxygens (including phenoxy) is 6. The second-order valence-corrected chi connectivity index (χ2v) is 7.59. The second-order valence-electron chi connectivity index (χ2n) is 7.59. The van der Waals surface area contributed by atoms with Gasteiger partial charge in [0.1, 0.15) is 11.5 Å². The van der Waals surface area contributed by atoms with E-state index in [1.165, 1.54) is 7.11 Å². The highest BCUT2D eigenvalue weighted by atomic mass is 16.7. The van der Waals surface area contributed by atoms with Crippen LogP contribution < -0.4 is 33.7 Å². The van der Waals surface area contributed by atoms with Gasteiger partial charge < -0.3 is 33.7 Å². The highest BCUT2D eigenvalue weighted by Crippen LogP contribution is 2.38. The Balaban J connectivity index is 1.25. The quantitative estimate of drug-likeness (QED) is 0.511. The number of amides is 1. The standard InChI is InChI=1S/C26H21NO8/c1-30-20-5-3-4-15(26(20)31-2)10-23-25(29)18-8-7-17(12-21(18)35-23)32-13-24(28)27-16-6-9-19-22(11-16)34-14-33-19/h3-12H,13-14H2,1-2H3,(H,27,28)/b23-10-. The molecule has 0 saturated heterocycles. The van der Waals surface area contributed by atoms with Crippen molar-refractivity contribution < 1.29 is 38.0 Å². The minimum absolute atomic E-state index is 0.143. The minimum Gasteiger partial charge on any atom is -0.493 e. The van der Waals surface area contributed by atoms with Crippen molar-refractivity contribution in [2.24, 2.45) is 0 Å². The summed E-state index contributed by atoms with van der Waals surface area (Å²) >= 11 is 0. The van der Waals surface area contributed by atoms with Crippen molar-refractivity contribution in [3.8, 4) is 34.5 Å². The molecule has 2 aliphatic heterocycles. The lowest BCUT2D eigenvalue weighted by Crippen LogP contribution is -2.20. The molecule has 1 amide bonds. The smallest absolute Gasteiger partial charge is 0.262 e. The Morgan fingerprint density at radius 3 is 2.69 bits per heavy atom. The van der Waals surface area contributed by atoms with Gasteiger partial charge in [0.15, 0.2) is 35.4 Å². The van der Waals surface area contributed by atoms with E-state index in [0.717, 1.165) is 0 Å². The molecule has 9 nitrogen and oxygen atoms in total. The number of hydrogen-bond donors (Lipinski definition) is 1. The first kappa shape index (κ1) is 22.1. The molecule has 0 fully saturated rings. The molecule has 2 aliphatic rings. The van der Waals surface area contributed by atoms with Gasteiger partial charge in [0, 0.05) is 23.4 Å². The number of ketones is 1. The van der Waals surface area contributed by atoms with Gasteiger partial charge in [0.2, 0.25) is 12.6 Å². The maximum atomic E-state index is 12.8. The van der Waals surface area contributed by atoms with Crippen molar-refractivity contribution in [2.45, 2.75) is 0 Å². The average Bonchev–Trinajstić information content (AvgIpc) is 3.46. The number of rotatable bonds is 7. The topological polar surface area (TPSA) is 102 Å². The first-order chi connectivity index (χ1) is 17.1. The molecule has 0 spiro atoms. The highest BCUT2D eigenvalue weighted by Gasteiger charge is 2.28. The molecule has 35 heavy (non-hydrogen) atoms. The lowest BCUT2D eigenvalue weighted by molar-refractivity contribution is -0.118. The maximum Gasteiger partial charge on any atom is 0.262 e. The van der Waals surface area contributed by atoms with E-state index in [0.29, 0.717) is 51.3 Å². The molecule has 2 heterocycles. The Morgan fingerprint density at radius 2 is 1.86 bits per heavy atom. The van der Waals surface area contributed by atoms with Crippen LogP contribution in [0.1, 0.15) is 15.9 Å². The van der Waals surface area contributed by atoms with E-state index in [2.05, 4.69) is 5.32 Å². The third kappa shape index (κ3) is 4.43. The summed E-state index contributed by atoms with van der Waals surface area (Å²) in [5, 5.41) is 2.74. The number of fused-ring (bicyclic) bond motifs is 2. The van der Waals surface area contributed by atoms with Crippen molar-refractivity contribution >= 4 is 23.5 Å². The van der Waals surface area contributed by atoms with Gasteiger partial charge in [-0.05, 0) is 36.4 Å². The Labute approximate surface area is 200 Å². The Bertz CT molecular complexity index is 1350. The third-order valence-corrected chi connectivity index (χ3v) is 5.39. The van der Waals surface area contributed by atoms with Crippen molar-refractivity contribution in [1.29, 1.82) is 0 Å². The predicted octanol–water partition coefficient (Wildman–Crippen LogP) is 4.07. The van der Waals surface area contributed by atoms with Gasteiger partial charge in [0.05, 0.1) is 19.8 Å². The van der Waals surface area contributed by atoms with E-state index >= 15 is 0 Å². The van der Waals surface area contributed by atoms with Gasteiger partial charge in [-0.1, -0.05) is 12.1 Å². The number of allylic oxidation sites excluding steroid dienone is 1. The number of benzene rings is 3. The summed E-state index contributed by atoms with van der Waals surface area (Å²) in [6.45, 7) is -0.0758. The first-order valence-electron chi connectivity index (χ1n) is 10.7. The van der Waals surface area contributed by atoms with Crippen LogP contribution in [0.4, 0.5) is 5.69 Å². The predicted molar refractivity (Wildman–Crippen MR) is 126 cm³/mol. The van der Waals surface area contributed by atoms with E-state index in [1.54, 1.807) is 67.8 Å². The molecule has 0 atom stereocenters. The number of carbonyl (C=O) groups excluding carboxylic acids is 2. The summed E-state index contributed by atoms with van der Waals surface area (Å²) in [7, 11) is 3.07. The van der Waals surface area contributed by atoms with Gasteiger partial charge in [-0.2, -0.15) is 0 Å². The molecule has 3 aromatic carbocycles. The average molecular weight is 475 g/mol. The molecule has 1 N–H and O–H groups in total. The third-order valence-electron chi connectivity index (χ3n) is 5.39. The van der Waals surface area contributed by atoms with Crippen molar-refractivity contribution in [1.82, 2.24) is 0 Å². The summed E-state index contributed by atoms with van der Waals surface area (Å²) in [5.74, 6) is 2.49. The fourth-order valence-corrected chi connectivity index (χ4v) is 3.74. The Kier molecular flexibility index (Phi) is 5.88. The molecule has 0 bridgehead atoms. The number of anilines is 1. The lowest BCUT2D eigenvalue weighted by atomic mass is 10.1. The minimum atomic E-state index is -0.355. The zero-order valence-corrected chi connectivity index (χ0v) is 19.0. The van der Waals surface area contributed by atoms with E-state index in [1.807, 2.05) is 0 Å². The van der Waals surface area contributed by atoms with Crippen molar-refractivity contribution in [3.05, 3.63) is 71.5 Å². The summed E-state index contributed by atoms with van der Waals surface area (Å²) < 4.78 is 32.7. The SMILES string of the molecule is COc1cccc(/C=C2\Oc3cc(OCC(=O)Nc4ccc5c(c4)OCO5)ccc3C2=O)c1OC. The number of hydrogen-bond acceptors (Lipinski definition) is 8. The fraction of sp³-hybridized carbons (Fsp3) is 0.154. The van der Waals surface area contributed by atoms with Crippen LogP contribution in [0.15, 0.2) is 60.4 Å². The summed E-state index contributed by atoms with van der Waals surface area (Å²) in [5.41, 5.74) is 1.60. The number of nitrogens with one attached hydrogen (secondary N) is 1. The zero-order valence-electron chi connectivity index (χ0n) is 19.0. The maximum absolute atomic E-state index is 12.8. The Hall–Kier alpha value is -4.66. The molecule has 9 heteroatoms. The monoisotopic (exact) mass is 475 g/mol. The number of carbonyl (C=O) groups is 2. The van der Waals surface area contributed by atoms with E-state index in [-0.39, 0.29) is 30.8 Å². The van der Waals surface area contributed by atoms with Crippen molar-refractivity contribution in [2.75, 3.05) is 32.9 Å².